The van der Waals surface area contributed by atoms with E-state index in [4.69, 9.17) is 0 Å². The highest BCUT2D eigenvalue weighted by Crippen LogP contribution is 2.04. The van der Waals surface area contributed by atoms with E-state index in [0.29, 0.717) is 12.1 Å². The van der Waals surface area contributed by atoms with Gasteiger partial charge in [0.25, 0.3) is 5.91 Å². The first kappa shape index (κ1) is 12.6. The molecule has 4 heteroatoms. The summed E-state index contributed by atoms with van der Waals surface area (Å²) in [6.07, 6.45) is 1.72. The van der Waals surface area contributed by atoms with Crippen LogP contribution in [-0.2, 0) is 0 Å². The molecular formula is C12H18N2O2. The van der Waals surface area contributed by atoms with Crippen molar-refractivity contribution >= 4 is 5.91 Å². The Balaban J connectivity index is 2.63. The number of nitrogens with zero attached hydrogens (tertiary/aromatic N) is 1. The van der Waals surface area contributed by atoms with Gasteiger partial charge in [0.1, 0.15) is 5.69 Å². The molecule has 1 aromatic heterocycles. The fourth-order valence-corrected chi connectivity index (χ4v) is 1.59. The zero-order valence-corrected chi connectivity index (χ0v) is 9.90. The first-order valence-corrected chi connectivity index (χ1v) is 5.41. The Bertz CT molecular complexity index is 364. The van der Waals surface area contributed by atoms with Crippen LogP contribution in [0.4, 0.5) is 0 Å². The number of aryl methyl sites for hydroxylation is 1. The number of carbonyl (C=O) groups excluding carboxylic acids is 1. The molecule has 0 saturated carbocycles. The van der Waals surface area contributed by atoms with Gasteiger partial charge in [-0.15, -0.1) is 0 Å². The number of aromatic nitrogens is 1. The lowest BCUT2D eigenvalue weighted by atomic mass is 10.1. The minimum absolute atomic E-state index is 0.0612. The Kier molecular flexibility index (Phi) is 4.43. The molecule has 2 unspecified atom stereocenters. The molecule has 2 atom stereocenters. The van der Waals surface area contributed by atoms with Gasteiger partial charge in [-0.2, -0.15) is 0 Å². The normalized spacial score (nSPS) is 14.2. The van der Waals surface area contributed by atoms with E-state index in [1.54, 1.807) is 19.2 Å². The molecule has 88 valence electrons. The number of hydrogen-bond acceptors (Lipinski definition) is 3. The van der Waals surface area contributed by atoms with Crippen LogP contribution in [0.15, 0.2) is 18.3 Å². The summed E-state index contributed by atoms with van der Waals surface area (Å²) >= 11 is 0. The molecule has 0 aliphatic carbocycles. The Morgan fingerprint density at radius 1 is 1.56 bits per heavy atom. The van der Waals surface area contributed by atoms with Crippen LogP contribution >= 0.6 is 0 Å². The summed E-state index contributed by atoms with van der Waals surface area (Å²) in [4.78, 5) is 15.8. The molecule has 0 fully saturated rings. The third kappa shape index (κ3) is 3.62. The maximum atomic E-state index is 11.8. The minimum Gasteiger partial charge on any atom is -0.393 e. The second-order valence-electron chi connectivity index (χ2n) is 4.13. The summed E-state index contributed by atoms with van der Waals surface area (Å²) in [5.74, 6) is -0.189. The van der Waals surface area contributed by atoms with Gasteiger partial charge in [0.15, 0.2) is 0 Å². The van der Waals surface area contributed by atoms with E-state index in [9.17, 15) is 9.90 Å². The SMILES string of the molecule is Cc1cccnc1C(=O)NC(C)CC(C)O. The predicted molar refractivity (Wildman–Crippen MR) is 62.2 cm³/mol. The van der Waals surface area contributed by atoms with Crippen LogP contribution < -0.4 is 5.32 Å². The monoisotopic (exact) mass is 222 g/mol. The van der Waals surface area contributed by atoms with E-state index in [1.165, 1.54) is 0 Å². The van der Waals surface area contributed by atoms with Crippen LogP contribution in [0, 0.1) is 6.92 Å². The number of amides is 1. The van der Waals surface area contributed by atoms with Crippen molar-refractivity contribution in [3.8, 4) is 0 Å². The van der Waals surface area contributed by atoms with E-state index in [2.05, 4.69) is 10.3 Å². The lowest BCUT2D eigenvalue weighted by Crippen LogP contribution is -2.35. The molecular weight excluding hydrogens is 204 g/mol. The molecule has 0 aromatic carbocycles. The average Bonchev–Trinajstić information content (AvgIpc) is 2.16. The zero-order chi connectivity index (χ0) is 12.1. The van der Waals surface area contributed by atoms with E-state index in [0.717, 1.165) is 5.56 Å². The van der Waals surface area contributed by atoms with Crippen molar-refractivity contribution in [3.05, 3.63) is 29.6 Å². The van der Waals surface area contributed by atoms with Gasteiger partial charge in [0.05, 0.1) is 6.10 Å². The summed E-state index contributed by atoms with van der Waals surface area (Å²) in [7, 11) is 0. The molecule has 0 bridgehead atoms. The van der Waals surface area contributed by atoms with Crippen LogP contribution in [0.3, 0.4) is 0 Å². The highest BCUT2D eigenvalue weighted by molar-refractivity contribution is 5.93. The van der Waals surface area contributed by atoms with Crippen molar-refractivity contribution < 1.29 is 9.90 Å². The molecule has 16 heavy (non-hydrogen) atoms. The van der Waals surface area contributed by atoms with Crippen molar-refractivity contribution in [1.29, 1.82) is 0 Å². The minimum atomic E-state index is -0.417. The summed E-state index contributed by atoms with van der Waals surface area (Å²) < 4.78 is 0. The van der Waals surface area contributed by atoms with E-state index in [1.807, 2.05) is 19.9 Å². The van der Waals surface area contributed by atoms with Crippen LogP contribution in [0.1, 0.15) is 36.3 Å². The van der Waals surface area contributed by atoms with Gasteiger partial charge in [-0.05, 0) is 38.8 Å². The third-order valence-corrected chi connectivity index (χ3v) is 2.30. The molecule has 0 aliphatic heterocycles. The van der Waals surface area contributed by atoms with Crippen LogP contribution in [0.2, 0.25) is 0 Å². The van der Waals surface area contributed by atoms with Gasteiger partial charge in [-0.25, -0.2) is 0 Å². The first-order chi connectivity index (χ1) is 7.50. The van der Waals surface area contributed by atoms with E-state index >= 15 is 0 Å². The van der Waals surface area contributed by atoms with Crippen molar-refractivity contribution in [2.45, 2.75) is 39.3 Å². The largest absolute Gasteiger partial charge is 0.393 e. The predicted octanol–water partition coefficient (Wildman–Crippen LogP) is 1.28. The fourth-order valence-electron chi connectivity index (χ4n) is 1.59. The van der Waals surface area contributed by atoms with Crippen molar-refractivity contribution in [2.75, 3.05) is 0 Å². The molecule has 1 aromatic rings. The lowest BCUT2D eigenvalue weighted by Gasteiger charge is -2.15. The van der Waals surface area contributed by atoms with E-state index < -0.39 is 6.10 Å². The molecule has 0 radical (unpaired) electrons. The summed E-state index contributed by atoms with van der Waals surface area (Å²) in [6, 6.07) is 3.58. The molecule has 1 heterocycles. The smallest absolute Gasteiger partial charge is 0.270 e. The fraction of sp³-hybridized carbons (Fsp3) is 0.500. The number of aliphatic hydroxyl groups is 1. The molecule has 0 spiro atoms. The second kappa shape index (κ2) is 5.61. The number of rotatable bonds is 4. The summed E-state index contributed by atoms with van der Waals surface area (Å²) in [5, 5.41) is 12.0. The van der Waals surface area contributed by atoms with Crippen molar-refractivity contribution in [2.24, 2.45) is 0 Å². The van der Waals surface area contributed by atoms with Gasteiger partial charge in [-0.1, -0.05) is 6.07 Å². The van der Waals surface area contributed by atoms with Gasteiger partial charge in [-0.3, -0.25) is 9.78 Å². The maximum Gasteiger partial charge on any atom is 0.270 e. The summed E-state index contributed by atoms with van der Waals surface area (Å²) in [6.45, 7) is 5.42. The topological polar surface area (TPSA) is 62.2 Å². The highest BCUT2D eigenvalue weighted by Gasteiger charge is 2.13. The number of aliphatic hydroxyl groups excluding tert-OH is 1. The molecule has 2 N–H and O–H groups in total. The quantitative estimate of drug-likeness (QED) is 0.806. The highest BCUT2D eigenvalue weighted by atomic mass is 16.3. The van der Waals surface area contributed by atoms with Gasteiger partial charge < -0.3 is 10.4 Å². The van der Waals surface area contributed by atoms with Crippen molar-refractivity contribution in [3.63, 3.8) is 0 Å². The molecule has 0 saturated heterocycles. The Morgan fingerprint density at radius 3 is 2.81 bits per heavy atom. The average molecular weight is 222 g/mol. The number of nitrogens with one attached hydrogen (secondary N) is 1. The van der Waals surface area contributed by atoms with Gasteiger partial charge in [0, 0.05) is 12.2 Å². The maximum absolute atomic E-state index is 11.8. The Labute approximate surface area is 95.7 Å². The first-order valence-electron chi connectivity index (χ1n) is 5.41. The lowest BCUT2D eigenvalue weighted by molar-refractivity contribution is 0.0917. The standard InChI is InChI=1S/C12H18N2O2/c1-8-5-4-6-13-11(8)12(16)14-9(2)7-10(3)15/h4-6,9-10,15H,7H2,1-3H3,(H,14,16). The molecule has 4 nitrogen and oxygen atoms in total. The Morgan fingerprint density at radius 2 is 2.25 bits per heavy atom. The second-order valence-corrected chi connectivity index (χ2v) is 4.13. The van der Waals surface area contributed by atoms with Crippen LogP contribution in [0.25, 0.3) is 0 Å². The van der Waals surface area contributed by atoms with E-state index in [-0.39, 0.29) is 11.9 Å². The molecule has 1 amide bonds. The van der Waals surface area contributed by atoms with Crippen LogP contribution in [-0.4, -0.2) is 28.1 Å². The molecule has 0 aliphatic rings. The van der Waals surface area contributed by atoms with Crippen molar-refractivity contribution in [1.82, 2.24) is 10.3 Å². The third-order valence-electron chi connectivity index (χ3n) is 2.30. The van der Waals surface area contributed by atoms with Gasteiger partial charge in [0.2, 0.25) is 0 Å². The number of hydrogen-bond donors (Lipinski definition) is 2. The Hall–Kier alpha value is -1.42. The van der Waals surface area contributed by atoms with Crippen LogP contribution in [0.5, 0.6) is 0 Å². The molecule has 1 rings (SSSR count). The number of pyridine rings is 1. The number of carbonyl (C=O) groups is 1. The van der Waals surface area contributed by atoms with Gasteiger partial charge >= 0.3 is 0 Å². The zero-order valence-electron chi connectivity index (χ0n) is 9.90. The summed E-state index contributed by atoms with van der Waals surface area (Å²) in [5.41, 5.74) is 1.30.